The summed E-state index contributed by atoms with van der Waals surface area (Å²) in [6, 6.07) is 15.5. The standard InChI is InChI=1S/C25H26N2O5S/c28-22(27-21(24(29)30)14-33-23(27)15-9-10-15)11-12-26-25(31)32-13-20-18-7-3-1-5-16(18)17-6-2-4-8-19(17)20/h1-8,15,20-21,23H,9-14H2,(H,26,31)(H,29,30). The molecule has 33 heavy (non-hydrogen) atoms. The van der Waals surface area contributed by atoms with E-state index in [-0.39, 0.29) is 36.8 Å². The predicted octanol–water partition coefficient (Wildman–Crippen LogP) is 3.68. The number of carbonyl (C=O) groups excluding carboxylic acids is 2. The van der Waals surface area contributed by atoms with E-state index >= 15 is 0 Å². The highest BCUT2D eigenvalue weighted by atomic mass is 32.2. The zero-order valence-corrected chi connectivity index (χ0v) is 18.9. The van der Waals surface area contributed by atoms with Crippen LogP contribution in [0.4, 0.5) is 4.79 Å². The van der Waals surface area contributed by atoms with Crippen molar-refractivity contribution in [1.82, 2.24) is 10.2 Å². The molecular formula is C25H26N2O5S. The zero-order chi connectivity index (χ0) is 22.9. The smallest absolute Gasteiger partial charge is 0.407 e. The third kappa shape index (κ3) is 4.31. The average Bonchev–Trinajstić information content (AvgIpc) is 3.48. The molecule has 8 heteroatoms. The number of thioether (sulfide) groups is 1. The Kier molecular flexibility index (Phi) is 6.01. The van der Waals surface area contributed by atoms with E-state index in [1.165, 1.54) is 4.90 Å². The second kappa shape index (κ2) is 9.09. The van der Waals surface area contributed by atoms with Gasteiger partial charge in [0.25, 0.3) is 0 Å². The van der Waals surface area contributed by atoms with E-state index in [2.05, 4.69) is 29.6 Å². The molecule has 2 amide bonds. The molecule has 0 radical (unpaired) electrons. The van der Waals surface area contributed by atoms with Crippen LogP contribution in [0.3, 0.4) is 0 Å². The van der Waals surface area contributed by atoms with Crippen molar-refractivity contribution < 1.29 is 24.2 Å². The molecule has 0 aromatic heterocycles. The third-order valence-corrected chi connectivity index (χ3v) is 8.05. The van der Waals surface area contributed by atoms with Gasteiger partial charge in [-0.1, -0.05) is 48.5 Å². The summed E-state index contributed by atoms with van der Waals surface area (Å²) in [6.45, 7) is 0.321. The van der Waals surface area contributed by atoms with Crippen molar-refractivity contribution in [2.45, 2.75) is 36.6 Å². The lowest BCUT2D eigenvalue weighted by atomic mass is 9.98. The molecule has 2 aromatic carbocycles. The molecule has 2 unspecified atom stereocenters. The van der Waals surface area contributed by atoms with Crippen molar-refractivity contribution in [1.29, 1.82) is 0 Å². The number of ether oxygens (including phenoxy) is 1. The van der Waals surface area contributed by atoms with Crippen LogP contribution in [0, 0.1) is 5.92 Å². The molecule has 2 aliphatic carbocycles. The van der Waals surface area contributed by atoms with Gasteiger partial charge in [0.15, 0.2) is 0 Å². The number of hydrogen-bond acceptors (Lipinski definition) is 5. The minimum Gasteiger partial charge on any atom is -0.480 e. The SMILES string of the molecule is O=C(NCCC(=O)N1C(C(=O)O)CSC1C1CC1)OCC1c2ccccc2-c2ccccc21. The summed E-state index contributed by atoms with van der Waals surface area (Å²) in [5, 5.41) is 12.1. The van der Waals surface area contributed by atoms with Gasteiger partial charge < -0.3 is 20.1 Å². The van der Waals surface area contributed by atoms with Crippen LogP contribution in [0.25, 0.3) is 11.1 Å². The van der Waals surface area contributed by atoms with Crippen LogP contribution in [0.5, 0.6) is 0 Å². The maximum atomic E-state index is 12.8. The Morgan fingerprint density at radius 1 is 1.03 bits per heavy atom. The summed E-state index contributed by atoms with van der Waals surface area (Å²) in [6.07, 6.45) is 1.55. The van der Waals surface area contributed by atoms with E-state index in [0.717, 1.165) is 35.1 Å². The number of carbonyl (C=O) groups is 3. The molecule has 3 aliphatic rings. The van der Waals surface area contributed by atoms with Gasteiger partial charge in [0.05, 0.1) is 5.37 Å². The Labute approximate surface area is 196 Å². The van der Waals surface area contributed by atoms with Gasteiger partial charge in [-0.05, 0) is 41.0 Å². The van der Waals surface area contributed by atoms with E-state index < -0.39 is 18.1 Å². The first-order chi connectivity index (χ1) is 16.0. The summed E-state index contributed by atoms with van der Waals surface area (Å²) in [7, 11) is 0. The van der Waals surface area contributed by atoms with Crippen LogP contribution in [0.2, 0.25) is 0 Å². The molecule has 2 fully saturated rings. The number of nitrogens with one attached hydrogen (secondary N) is 1. The van der Waals surface area contributed by atoms with E-state index in [0.29, 0.717) is 11.7 Å². The number of alkyl carbamates (subject to hydrolysis) is 1. The van der Waals surface area contributed by atoms with Gasteiger partial charge in [0.2, 0.25) is 5.91 Å². The first-order valence-electron chi connectivity index (χ1n) is 11.3. The van der Waals surface area contributed by atoms with Crippen molar-refractivity contribution >= 4 is 29.7 Å². The number of aliphatic carboxylic acids is 1. The van der Waals surface area contributed by atoms with Gasteiger partial charge in [-0.15, -0.1) is 11.8 Å². The molecule has 1 saturated carbocycles. The van der Waals surface area contributed by atoms with E-state index in [1.807, 2.05) is 24.3 Å². The van der Waals surface area contributed by atoms with Gasteiger partial charge in [0.1, 0.15) is 12.6 Å². The maximum absolute atomic E-state index is 12.8. The first-order valence-corrected chi connectivity index (χ1v) is 12.3. The summed E-state index contributed by atoms with van der Waals surface area (Å²) < 4.78 is 5.50. The number of hydrogen-bond donors (Lipinski definition) is 2. The van der Waals surface area contributed by atoms with Crippen LogP contribution in [0.15, 0.2) is 48.5 Å². The highest BCUT2D eigenvalue weighted by Crippen LogP contribution is 2.46. The largest absolute Gasteiger partial charge is 0.480 e. The third-order valence-electron chi connectivity index (χ3n) is 6.59. The van der Waals surface area contributed by atoms with Crippen LogP contribution in [-0.2, 0) is 14.3 Å². The summed E-state index contributed by atoms with van der Waals surface area (Å²) in [5.74, 6) is -0.422. The van der Waals surface area contributed by atoms with Gasteiger partial charge >= 0.3 is 12.1 Å². The van der Waals surface area contributed by atoms with Crippen LogP contribution < -0.4 is 5.32 Å². The molecule has 0 spiro atoms. The molecule has 7 nitrogen and oxygen atoms in total. The van der Waals surface area contributed by atoms with Gasteiger partial charge in [-0.25, -0.2) is 9.59 Å². The van der Waals surface area contributed by atoms with Crippen molar-refractivity contribution in [3.05, 3.63) is 59.7 Å². The summed E-state index contributed by atoms with van der Waals surface area (Å²) in [5.41, 5.74) is 4.60. The fourth-order valence-electron chi connectivity index (χ4n) is 4.83. The Morgan fingerprint density at radius 2 is 1.67 bits per heavy atom. The Hall–Kier alpha value is -3.00. The number of benzene rings is 2. The molecule has 5 rings (SSSR count). The maximum Gasteiger partial charge on any atom is 0.407 e. The minimum absolute atomic E-state index is 0.0259. The molecule has 2 N–H and O–H groups in total. The number of nitrogens with zero attached hydrogens (tertiary/aromatic N) is 1. The number of rotatable bonds is 7. The Balaban J connectivity index is 1.14. The number of fused-ring (bicyclic) bond motifs is 3. The Bertz CT molecular complexity index is 1040. The molecule has 1 aliphatic heterocycles. The lowest BCUT2D eigenvalue weighted by molar-refractivity contribution is -0.149. The van der Waals surface area contributed by atoms with Gasteiger partial charge in [0, 0.05) is 24.6 Å². The van der Waals surface area contributed by atoms with Crippen molar-refractivity contribution in [3.63, 3.8) is 0 Å². The summed E-state index contributed by atoms with van der Waals surface area (Å²) in [4.78, 5) is 38.2. The molecule has 172 valence electrons. The normalized spacial score (nSPS) is 21.4. The van der Waals surface area contributed by atoms with Crippen LogP contribution in [-0.4, -0.2) is 58.3 Å². The number of carboxylic acids is 1. The second-order valence-electron chi connectivity index (χ2n) is 8.72. The lowest BCUT2D eigenvalue weighted by Gasteiger charge is -2.27. The van der Waals surface area contributed by atoms with Crippen molar-refractivity contribution in [2.75, 3.05) is 18.9 Å². The molecule has 2 atom stereocenters. The van der Waals surface area contributed by atoms with E-state index in [1.54, 1.807) is 11.8 Å². The van der Waals surface area contributed by atoms with Crippen LogP contribution >= 0.6 is 11.8 Å². The van der Waals surface area contributed by atoms with Crippen LogP contribution in [0.1, 0.15) is 36.3 Å². The van der Waals surface area contributed by atoms with Crippen molar-refractivity contribution in [2.24, 2.45) is 5.92 Å². The zero-order valence-electron chi connectivity index (χ0n) is 18.1. The first kappa shape index (κ1) is 21.8. The second-order valence-corrected chi connectivity index (χ2v) is 9.87. The van der Waals surface area contributed by atoms with E-state index in [9.17, 15) is 19.5 Å². The van der Waals surface area contributed by atoms with Crippen molar-refractivity contribution in [3.8, 4) is 11.1 Å². The molecule has 1 saturated heterocycles. The van der Waals surface area contributed by atoms with Gasteiger partial charge in [-0.2, -0.15) is 0 Å². The monoisotopic (exact) mass is 466 g/mol. The molecule has 1 heterocycles. The molecular weight excluding hydrogens is 440 g/mol. The average molecular weight is 467 g/mol. The minimum atomic E-state index is -0.969. The fourth-order valence-corrected chi connectivity index (χ4v) is 6.48. The summed E-state index contributed by atoms with van der Waals surface area (Å²) >= 11 is 1.55. The number of amides is 2. The molecule has 0 bridgehead atoms. The Morgan fingerprint density at radius 3 is 2.27 bits per heavy atom. The topological polar surface area (TPSA) is 95.9 Å². The predicted molar refractivity (Wildman–Crippen MR) is 125 cm³/mol. The quantitative estimate of drug-likeness (QED) is 0.646. The molecule has 2 aromatic rings. The van der Waals surface area contributed by atoms with E-state index in [4.69, 9.17) is 4.74 Å². The lowest BCUT2D eigenvalue weighted by Crippen LogP contribution is -2.47. The number of carboxylic acid groups (broad SMARTS) is 1. The highest BCUT2D eigenvalue weighted by molar-refractivity contribution is 8.00. The highest BCUT2D eigenvalue weighted by Gasteiger charge is 2.47. The fraction of sp³-hybridized carbons (Fsp3) is 0.400. The van der Waals surface area contributed by atoms with Gasteiger partial charge in [-0.3, -0.25) is 4.79 Å².